The molecule has 4 heteroatoms. The number of phenolic OH excluding ortho intramolecular Hbond substituents is 1. The number of aromatic hydroxyl groups is 1. The molecule has 0 aliphatic carbocycles. The van der Waals surface area contributed by atoms with E-state index in [1.165, 1.54) is 0 Å². The van der Waals surface area contributed by atoms with Crippen LogP contribution in [0.2, 0.25) is 5.02 Å². The number of benzene rings is 1. The van der Waals surface area contributed by atoms with Crippen molar-refractivity contribution in [3.63, 3.8) is 0 Å². The molecule has 0 saturated carbocycles. The molecule has 0 aromatic heterocycles. The Balaban J connectivity index is 0. The van der Waals surface area contributed by atoms with Crippen molar-refractivity contribution in [1.29, 1.82) is 0 Å². The summed E-state index contributed by atoms with van der Waals surface area (Å²) in [6, 6.07) is 5.07. The summed E-state index contributed by atoms with van der Waals surface area (Å²) in [5.74, 6) is 0.252. The number of hydrogen-bond acceptors (Lipinski definition) is 1. The molecule has 1 N–H and O–H groups in total. The third kappa shape index (κ3) is 3.68. The second kappa shape index (κ2) is 6.15. The van der Waals surface area contributed by atoms with Crippen molar-refractivity contribution in [2.24, 2.45) is 0 Å². The first-order valence-corrected chi connectivity index (χ1v) is 3.03. The van der Waals surface area contributed by atoms with Gasteiger partial charge in [0.2, 0.25) is 0 Å². The molecule has 1 nitrogen and oxygen atoms in total. The molecule has 0 unspecified atom stereocenters. The zero-order valence-electron chi connectivity index (χ0n) is 6.44. The van der Waals surface area contributed by atoms with Crippen molar-refractivity contribution in [2.75, 3.05) is 0 Å². The fourth-order valence-electron chi connectivity index (χ4n) is 0.596. The van der Waals surface area contributed by atoms with Crippen LogP contribution in [0.4, 0.5) is 0 Å². The fraction of sp³-hybridized carbons (Fsp3) is 0.143. The molecule has 0 atom stereocenters. The van der Waals surface area contributed by atoms with Crippen LogP contribution < -0.4 is 42.0 Å². The van der Waals surface area contributed by atoms with Gasteiger partial charge in [0.25, 0.3) is 0 Å². The maximum atomic E-state index is 9.02. The maximum Gasteiger partial charge on any atom is 1.00 e. The van der Waals surface area contributed by atoms with Gasteiger partial charge in [-0.25, -0.2) is 0 Å². The summed E-state index contributed by atoms with van der Waals surface area (Å²) < 4.78 is 0. The maximum absolute atomic E-state index is 9.02. The van der Waals surface area contributed by atoms with E-state index in [9.17, 15) is 0 Å². The third-order valence-corrected chi connectivity index (χ3v) is 1.65. The van der Waals surface area contributed by atoms with Crippen molar-refractivity contribution < 1.29 is 47.1 Å². The molecule has 1 aromatic carbocycles. The summed E-state index contributed by atoms with van der Waals surface area (Å²) >= 11 is 5.65. The fourth-order valence-corrected chi connectivity index (χ4v) is 0.766. The van der Waals surface area contributed by atoms with E-state index in [4.69, 9.17) is 16.7 Å². The first kappa shape index (κ1) is 14.1. The molecule has 0 fully saturated rings. The molecule has 0 radical (unpaired) electrons. The van der Waals surface area contributed by atoms with Crippen molar-refractivity contribution in [1.82, 2.24) is 0 Å². The van der Waals surface area contributed by atoms with Crippen LogP contribution in [0.25, 0.3) is 0 Å². The molecule has 0 heterocycles. The summed E-state index contributed by atoms with van der Waals surface area (Å²) in [5, 5.41) is 9.62. The molecule has 1 rings (SSSR count). The van der Waals surface area contributed by atoms with Gasteiger partial charge in [-0.15, -0.1) is 0 Å². The van der Waals surface area contributed by atoms with Crippen LogP contribution in [0.5, 0.6) is 5.75 Å². The Hall–Kier alpha value is 0.600. The molecule has 0 spiro atoms. The Kier molecular flexibility index (Phi) is 7.91. The second-order valence-corrected chi connectivity index (χ2v) is 2.29. The predicted molar refractivity (Wildman–Crippen MR) is 37.9 cm³/mol. The Morgan fingerprint density at radius 3 is 2.27 bits per heavy atom. The SMILES string of the molecule is Cc1c(O)cccc1Cl.[Cl-].[Na+]. The Morgan fingerprint density at radius 1 is 1.36 bits per heavy atom. The van der Waals surface area contributed by atoms with Crippen LogP contribution >= 0.6 is 11.6 Å². The van der Waals surface area contributed by atoms with Gasteiger partial charge in [-0.2, -0.15) is 0 Å². The summed E-state index contributed by atoms with van der Waals surface area (Å²) in [7, 11) is 0. The van der Waals surface area contributed by atoms with E-state index in [1.807, 2.05) is 0 Å². The monoisotopic (exact) mass is 200 g/mol. The minimum Gasteiger partial charge on any atom is -1.00 e. The molecular weight excluding hydrogens is 194 g/mol. The molecular formula is C7H7Cl2NaO. The summed E-state index contributed by atoms with van der Waals surface area (Å²) in [4.78, 5) is 0. The normalized spacial score (nSPS) is 7.82. The van der Waals surface area contributed by atoms with Crippen LogP contribution in [0.3, 0.4) is 0 Å². The van der Waals surface area contributed by atoms with Crippen LogP contribution in [0, 0.1) is 6.92 Å². The average Bonchev–Trinajstić information content (AvgIpc) is 1.83. The molecule has 1 aromatic rings. The van der Waals surface area contributed by atoms with Gasteiger partial charge in [0.15, 0.2) is 0 Å². The van der Waals surface area contributed by atoms with Gasteiger partial charge >= 0.3 is 29.6 Å². The van der Waals surface area contributed by atoms with Gasteiger partial charge in [-0.05, 0) is 19.1 Å². The van der Waals surface area contributed by atoms with E-state index in [1.54, 1.807) is 25.1 Å². The third-order valence-electron chi connectivity index (χ3n) is 1.24. The minimum atomic E-state index is 0. The first-order valence-electron chi connectivity index (χ1n) is 2.66. The Morgan fingerprint density at radius 2 is 1.91 bits per heavy atom. The van der Waals surface area contributed by atoms with E-state index in [2.05, 4.69) is 0 Å². The van der Waals surface area contributed by atoms with Gasteiger partial charge in [0, 0.05) is 10.6 Å². The minimum absolute atomic E-state index is 0. The van der Waals surface area contributed by atoms with Gasteiger partial charge in [-0.3, -0.25) is 0 Å². The van der Waals surface area contributed by atoms with Crippen LogP contribution in [-0.4, -0.2) is 5.11 Å². The molecule has 0 bridgehead atoms. The topological polar surface area (TPSA) is 20.2 Å². The van der Waals surface area contributed by atoms with Crippen molar-refractivity contribution in [3.05, 3.63) is 28.8 Å². The van der Waals surface area contributed by atoms with Gasteiger partial charge < -0.3 is 17.5 Å². The smallest absolute Gasteiger partial charge is 1.00 e. The molecule has 0 aliphatic heterocycles. The van der Waals surface area contributed by atoms with E-state index < -0.39 is 0 Å². The first-order chi connectivity index (χ1) is 4.22. The largest absolute Gasteiger partial charge is 1.00 e. The predicted octanol–water partition coefficient (Wildman–Crippen LogP) is -3.64. The van der Waals surface area contributed by atoms with Crippen molar-refractivity contribution in [2.45, 2.75) is 6.92 Å². The summed E-state index contributed by atoms with van der Waals surface area (Å²) in [6.07, 6.45) is 0. The van der Waals surface area contributed by atoms with Crippen LogP contribution in [0.1, 0.15) is 5.56 Å². The van der Waals surface area contributed by atoms with Gasteiger partial charge in [0.1, 0.15) is 5.75 Å². The number of halogens is 2. The van der Waals surface area contributed by atoms with Crippen molar-refractivity contribution >= 4 is 11.6 Å². The zero-order chi connectivity index (χ0) is 6.85. The standard InChI is InChI=1S/C7H7ClO.ClH.Na/c1-5-6(8)3-2-4-7(5)9;;/h2-4,9H,1H3;1H;/q;;+1/p-1. The van der Waals surface area contributed by atoms with Crippen LogP contribution in [-0.2, 0) is 0 Å². The van der Waals surface area contributed by atoms with E-state index >= 15 is 0 Å². The number of rotatable bonds is 0. The van der Waals surface area contributed by atoms with E-state index in [0.717, 1.165) is 5.56 Å². The molecule has 56 valence electrons. The van der Waals surface area contributed by atoms with E-state index in [-0.39, 0.29) is 47.7 Å². The second-order valence-electron chi connectivity index (χ2n) is 1.88. The average molecular weight is 201 g/mol. The van der Waals surface area contributed by atoms with E-state index in [0.29, 0.717) is 5.02 Å². The van der Waals surface area contributed by atoms with Crippen LogP contribution in [0.15, 0.2) is 18.2 Å². The molecule has 0 aliphatic rings. The Bertz CT molecular complexity index is 207. The van der Waals surface area contributed by atoms with Gasteiger partial charge in [-0.1, -0.05) is 17.7 Å². The summed E-state index contributed by atoms with van der Waals surface area (Å²) in [5.41, 5.74) is 0.735. The molecule has 0 amide bonds. The number of phenols is 1. The molecule has 11 heavy (non-hydrogen) atoms. The number of hydrogen-bond donors (Lipinski definition) is 1. The quantitative estimate of drug-likeness (QED) is 0.429. The summed E-state index contributed by atoms with van der Waals surface area (Å²) in [6.45, 7) is 1.78. The molecule has 0 saturated heterocycles. The van der Waals surface area contributed by atoms with Gasteiger partial charge in [0.05, 0.1) is 0 Å². The van der Waals surface area contributed by atoms with Crippen molar-refractivity contribution in [3.8, 4) is 5.75 Å². The zero-order valence-corrected chi connectivity index (χ0v) is 9.95. The Labute approximate surface area is 99.5 Å².